The zero-order valence-corrected chi connectivity index (χ0v) is 20.5. The van der Waals surface area contributed by atoms with Crippen LogP contribution in [0.1, 0.15) is 47.2 Å². The fourth-order valence-electron chi connectivity index (χ4n) is 5.45. The lowest BCUT2D eigenvalue weighted by atomic mass is 9.94. The molecule has 2 fully saturated rings. The largest absolute Gasteiger partial charge is 0.496 e. The number of benzene rings is 2. The van der Waals surface area contributed by atoms with Gasteiger partial charge in [0, 0.05) is 38.3 Å². The van der Waals surface area contributed by atoms with Crippen molar-refractivity contribution in [2.75, 3.05) is 39.8 Å². The summed E-state index contributed by atoms with van der Waals surface area (Å²) in [5.74, 6) is 1.46. The van der Waals surface area contributed by atoms with Crippen molar-refractivity contribution < 1.29 is 14.3 Å². The number of nitrogens with one attached hydrogen (secondary N) is 1. The minimum absolute atomic E-state index is 0.0852. The smallest absolute Gasteiger partial charge is 0.253 e. The van der Waals surface area contributed by atoms with Crippen molar-refractivity contribution in [3.05, 3.63) is 65.2 Å². The Kier molecular flexibility index (Phi) is 8.22. The van der Waals surface area contributed by atoms with E-state index in [1.807, 2.05) is 60.4 Å². The first-order chi connectivity index (χ1) is 16.6. The van der Waals surface area contributed by atoms with Crippen LogP contribution in [0.15, 0.2) is 48.5 Å². The Balaban J connectivity index is 1.36. The third-order valence-corrected chi connectivity index (χ3v) is 7.26. The lowest BCUT2D eigenvalue weighted by Gasteiger charge is -2.40. The lowest BCUT2D eigenvalue weighted by molar-refractivity contribution is -0.129. The molecule has 0 unspecified atom stereocenters. The molecule has 2 aromatic carbocycles. The fraction of sp³-hybridized carbons (Fsp3) is 0.500. The molecule has 1 atom stereocenters. The summed E-state index contributed by atoms with van der Waals surface area (Å²) in [4.78, 5) is 30.6. The van der Waals surface area contributed by atoms with Crippen LogP contribution in [0.2, 0.25) is 0 Å². The Morgan fingerprint density at radius 3 is 2.47 bits per heavy atom. The Morgan fingerprint density at radius 1 is 1.03 bits per heavy atom. The number of ether oxygens (including phenoxy) is 1. The van der Waals surface area contributed by atoms with Gasteiger partial charge >= 0.3 is 0 Å². The molecule has 1 saturated carbocycles. The summed E-state index contributed by atoms with van der Waals surface area (Å²) < 4.78 is 5.44. The predicted molar refractivity (Wildman–Crippen MR) is 134 cm³/mol. The molecule has 0 spiro atoms. The molecule has 1 heterocycles. The van der Waals surface area contributed by atoms with Crippen molar-refractivity contribution in [2.45, 2.75) is 45.1 Å². The minimum Gasteiger partial charge on any atom is -0.496 e. The van der Waals surface area contributed by atoms with Gasteiger partial charge in [-0.05, 0) is 55.9 Å². The van der Waals surface area contributed by atoms with Crippen LogP contribution in [0, 0.1) is 12.8 Å². The Morgan fingerprint density at radius 2 is 1.76 bits per heavy atom. The topological polar surface area (TPSA) is 61.9 Å². The average Bonchev–Trinajstić information content (AvgIpc) is 3.39. The van der Waals surface area contributed by atoms with Gasteiger partial charge in [-0.3, -0.25) is 14.5 Å². The quantitative estimate of drug-likeness (QED) is 0.649. The van der Waals surface area contributed by atoms with Gasteiger partial charge in [-0.25, -0.2) is 0 Å². The zero-order valence-electron chi connectivity index (χ0n) is 20.5. The number of aryl methyl sites for hydroxylation is 1. The van der Waals surface area contributed by atoms with E-state index in [9.17, 15) is 9.59 Å². The van der Waals surface area contributed by atoms with E-state index in [0.29, 0.717) is 25.6 Å². The highest BCUT2D eigenvalue weighted by Gasteiger charge is 2.37. The van der Waals surface area contributed by atoms with E-state index in [1.54, 1.807) is 7.11 Å². The molecule has 1 saturated heterocycles. The second-order valence-electron chi connectivity index (χ2n) is 9.54. The molecule has 2 amide bonds. The first-order valence-electron chi connectivity index (χ1n) is 12.6. The first kappa shape index (κ1) is 24.3. The molecule has 0 aromatic heterocycles. The number of nitrogens with zero attached hydrogens (tertiary/aromatic N) is 2. The number of hydrogen-bond donors (Lipinski definition) is 1. The molecular formula is C28H37N3O3. The van der Waals surface area contributed by atoms with Gasteiger partial charge in [0.05, 0.1) is 13.2 Å². The van der Waals surface area contributed by atoms with Crippen molar-refractivity contribution in [3.63, 3.8) is 0 Å². The summed E-state index contributed by atoms with van der Waals surface area (Å²) in [5.41, 5.74) is 2.94. The number of para-hydroxylation sites is 1. The van der Waals surface area contributed by atoms with Gasteiger partial charge in [-0.15, -0.1) is 0 Å². The molecule has 2 aromatic rings. The summed E-state index contributed by atoms with van der Waals surface area (Å²) in [7, 11) is 1.68. The number of amides is 2. The van der Waals surface area contributed by atoms with Gasteiger partial charge < -0.3 is 15.0 Å². The van der Waals surface area contributed by atoms with Crippen LogP contribution in [0.25, 0.3) is 0 Å². The highest BCUT2D eigenvalue weighted by molar-refractivity contribution is 5.94. The maximum atomic E-state index is 13.4. The van der Waals surface area contributed by atoms with Crippen LogP contribution in [-0.4, -0.2) is 67.5 Å². The van der Waals surface area contributed by atoms with Crippen molar-refractivity contribution in [1.82, 2.24) is 15.1 Å². The van der Waals surface area contributed by atoms with Gasteiger partial charge in [-0.2, -0.15) is 0 Å². The monoisotopic (exact) mass is 463 g/mol. The second-order valence-corrected chi connectivity index (χ2v) is 9.54. The number of hydrogen-bond acceptors (Lipinski definition) is 4. The van der Waals surface area contributed by atoms with Crippen molar-refractivity contribution >= 4 is 11.8 Å². The molecule has 1 aliphatic heterocycles. The standard InChI is InChI=1S/C28H37N3O3/c1-21-8-7-12-24(20-21)28(33)31-18-16-30(17-19-31)26(23-10-3-4-11-23)27(32)29-15-14-22-9-5-6-13-25(22)34-2/h5-9,12-13,20,23,26H,3-4,10-11,14-19H2,1-2H3,(H,29,32)/t26-/m0/s1. The number of rotatable bonds is 8. The molecule has 6 heteroatoms. The average molecular weight is 464 g/mol. The second kappa shape index (κ2) is 11.5. The molecule has 182 valence electrons. The number of carbonyl (C=O) groups is 2. The van der Waals surface area contributed by atoms with Crippen LogP contribution >= 0.6 is 0 Å². The van der Waals surface area contributed by atoms with E-state index in [-0.39, 0.29) is 17.9 Å². The molecule has 4 rings (SSSR count). The first-order valence-corrected chi connectivity index (χ1v) is 12.6. The highest BCUT2D eigenvalue weighted by Crippen LogP contribution is 2.31. The third kappa shape index (κ3) is 5.79. The third-order valence-electron chi connectivity index (χ3n) is 7.26. The van der Waals surface area contributed by atoms with Crippen molar-refractivity contribution in [3.8, 4) is 5.75 Å². The SMILES string of the molecule is COc1ccccc1CCNC(=O)[C@H](C1CCCC1)N1CCN(C(=O)c2cccc(C)c2)CC1. The van der Waals surface area contributed by atoms with Gasteiger partial charge in [-0.1, -0.05) is 48.7 Å². The summed E-state index contributed by atoms with van der Waals surface area (Å²) >= 11 is 0. The molecule has 0 bridgehead atoms. The van der Waals surface area contributed by atoms with E-state index in [4.69, 9.17) is 4.74 Å². The Labute approximate surface area is 203 Å². The minimum atomic E-state index is -0.114. The molecule has 34 heavy (non-hydrogen) atoms. The fourth-order valence-corrected chi connectivity index (χ4v) is 5.45. The molecule has 1 N–H and O–H groups in total. The number of carbonyl (C=O) groups excluding carboxylic acids is 2. The van der Waals surface area contributed by atoms with E-state index in [1.165, 1.54) is 12.8 Å². The Hall–Kier alpha value is -2.86. The maximum Gasteiger partial charge on any atom is 0.253 e. The summed E-state index contributed by atoms with van der Waals surface area (Å²) in [5, 5.41) is 3.21. The molecular weight excluding hydrogens is 426 g/mol. The van der Waals surface area contributed by atoms with E-state index in [2.05, 4.69) is 10.2 Å². The maximum absolute atomic E-state index is 13.4. The number of methoxy groups -OCH3 is 1. The summed E-state index contributed by atoms with van der Waals surface area (Å²) in [6.07, 6.45) is 5.34. The summed E-state index contributed by atoms with van der Waals surface area (Å²) in [6.45, 7) is 5.38. The number of piperazine rings is 1. The Bertz CT molecular complexity index is 978. The lowest BCUT2D eigenvalue weighted by Crippen LogP contribution is -2.58. The van der Waals surface area contributed by atoms with Gasteiger partial charge in [0.15, 0.2) is 0 Å². The van der Waals surface area contributed by atoms with Crippen LogP contribution in [-0.2, 0) is 11.2 Å². The molecule has 0 radical (unpaired) electrons. The summed E-state index contributed by atoms with van der Waals surface area (Å²) in [6, 6.07) is 15.6. The van der Waals surface area contributed by atoms with E-state index >= 15 is 0 Å². The van der Waals surface area contributed by atoms with Crippen molar-refractivity contribution in [1.29, 1.82) is 0 Å². The van der Waals surface area contributed by atoms with Crippen LogP contribution in [0.3, 0.4) is 0 Å². The van der Waals surface area contributed by atoms with Gasteiger partial charge in [0.1, 0.15) is 5.75 Å². The highest BCUT2D eigenvalue weighted by atomic mass is 16.5. The predicted octanol–water partition coefficient (Wildman–Crippen LogP) is 3.68. The van der Waals surface area contributed by atoms with E-state index < -0.39 is 0 Å². The van der Waals surface area contributed by atoms with Gasteiger partial charge in [0.2, 0.25) is 5.91 Å². The molecule has 1 aliphatic carbocycles. The molecule has 2 aliphatic rings. The normalized spacial score (nSPS) is 18.0. The van der Waals surface area contributed by atoms with E-state index in [0.717, 1.165) is 54.8 Å². The van der Waals surface area contributed by atoms with Crippen LogP contribution < -0.4 is 10.1 Å². The van der Waals surface area contributed by atoms with Crippen molar-refractivity contribution in [2.24, 2.45) is 5.92 Å². The van der Waals surface area contributed by atoms with Crippen LogP contribution in [0.5, 0.6) is 5.75 Å². The van der Waals surface area contributed by atoms with Gasteiger partial charge in [0.25, 0.3) is 5.91 Å². The van der Waals surface area contributed by atoms with Crippen LogP contribution in [0.4, 0.5) is 0 Å². The zero-order chi connectivity index (χ0) is 23.9. The molecule has 6 nitrogen and oxygen atoms in total.